The lowest BCUT2D eigenvalue weighted by Gasteiger charge is -2.34. The molecule has 0 aliphatic carbocycles. The first-order valence-corrected chi connectivity index (χ1v) is 5.35. The first-order chi connectivity index (χ1) is 7.13. The van der Waals surface area contributed by atoms with Crippen molar-refractivity contribution in [3.05, 3.63) is 36.0 Å². The third kappa shape index (κ3) is 3.96. The van der Waals surface area contributed by atoms with E-state index in [0.717, 1.165) is 37.3 Å². The van der Waals surface area contributed by atoms with Crippen molar-refractivity contribution in [2.45, 2.75) is 6.92 Å². The van der Waals surface area contributed by atoms with E-state index in [4.69, 9.17) is 7.85 Å². The zero-order valence-electron chi connectivity index (χ0n) is 9.74. The summed E-state index contributed by atoms with van der Waals surface area (Å²) < 4.78 is 0. The summed E-state index contributed by atoms with van der Waals surface area (Å²) in [7, 11) is 7.83. The lowest BCUT2D eigenvalue weighted by atomic mass is 9.95. The van der Waals surface area contributed by atoms with Crippen molar-refractivity contribution in [3.8, 4) is 0 Å². The number of hydrogen-bond donors (Lipinski definition) is 0. The minimum absolute atomic E-state index is 0.783. The van der Waals surface area contributed by atoms with Gasteiger partial charge in [0.1, 0.15) is 7.85 Å². The van der Waals surface area contributed by atoms with Gasteiger partial charge in [-0.1, -0.05) is 18.7 Å². The van der Waals surface area contributed by atoms with Gasteiger partial charge in [0.25, 0.3) is 0 Å². The van der Waals surface area contributed by atoms with Crippen LogP contribution in [0.1, 0.15) is 6.92 Å². The van der Waals surface area contributed by atoms with Gasteiger partial charge in [-0.3, -0.25) is 0 Å². The summed E-state index contributed by atoms with van der Waals surface area (Å²) in [4.78, 5) is 4.62. The van der Waals surface area contributed by atoms with Gasteiger partial charge in [0.05, 0.1) is 0 Å². The van der Waals surface area contributed by atoms with Crippen LogP contribution in [0.5, 0.6) is 0 Å². The van der Waals surface area contributed by atoms with Crippen LogP contribution in [0.2, 0.25) is 0 Å². The van der Waals surface area contributed by atoms with E-state index < -0.39 is 0 Å². The van der Waals surface area contributed by atoms with Crippen LogP contribution < -0.4 is 0 Å². The molecule has 80 valence electrons. The minimum atomic E-state index is 0.783. The van der Waals surface area contributed by atoms with E-state index in [0.29, 0.717) is 0 Å². The predicted molar refractivity (Wildman–Crippen MR) is 66.9 cm³/mol. The van der Waals surface area contributed by atoms with Gasteiger partial charge >= 0.3 is 0 Å². The zero-order valence-corrected chi connectivity index (χ0v) is 9.74. The molecule has 1 saturated heterocycles. The SMILES string of the molecule is [B]C(/C=C\C(=C)N1CCN(C)CC1)=C/C. The van der Waals surface area contributed by atoms with Gasteiger partial charge in [-0.2, -0.15) is 0 Å². The monoisotopic (exact) mass is 202 g/mol. The highest BCUT2D eigenvalue weighted by Gasteiger charge is 2.12. The van der Waals surface area contributed by atoms with Crippen molar-refractivity contribution in [2.75, 3.05) is 33.2 Å². The molecule has 1 aliphatic heterocycles. The van der Waals surface area contributed by atoms with Crippen LogP contribution in [0.15, 0.2) is 36.0 Å². The summed E-state index contributed by atoms with van der Waals surface area (Å²) in [6, 6.07) is 0. The number of hydrogen-bond acceptors (Lipinski definition) is 2. The fourth-order valence-corrected chi connectivity index (χ4v) is 1.49. The number of allylic oxidation sites excluding steroid dienone is 4. The maximum atomic E-state index is 5.68. The Balaban J connectivity index is 2.44. The minimum Gasteiger partial charge on any atom is -0.369 e. The van der Waals surface area contributed by atoms with Crippen LogP contribution in [-0.4, -0.2) is 50.9 Å². The molecule has 1 aliphatic rings. The van der Waals surface area contributed by atoms with Crippen molar-refractivity contribution < 1.29 is 0 Å². The average Bonchev–Trinajstić information content (AvgIpc) is 2.26. The van der Waals surface area contributed by atoms with Crippen LogP contribution in [0.4, 0.5) is 0 Å². The molecule has 0 aromatic rings. The van der Waals surface area contributed by atoms with Crippen LogP contribution in [0.25, 0.3) is 0 Å². The molecule has 0 bridgehead atoms. The maximum absolute atomic E-state index is 5.68. The van der Waals surface area contributed by atoms with Crippen LogP contribution in [0, 0.1) is 0 Å². The molecule has 3 heteroatoms. The summed E-state index contributed by atoms with van der Waals surface area (Å²) in [6.45, 7) is 10.3. The van der Waals surface area contributed by atoms with E-state index >= 15 is 0 Å². The molecule has 1 rings (SSSR count). The lowest BCUT2D eigenvalue weighted by molar-refractivity contribution is 0.190. The second-order valence-electron chi connectivity index (χ2n) is 3.90. The second-order valence-corrected chi connectivity index (χ2v) is 3.90. The highest BCUT2D eigenvalue weighted by Crippen LogP contribution is 2.08. The maximum Gasteiger partial charge on any atom is 0.113 e. The van der Waals surface area contributed by atoms with Gasteiger partial charge in [-0.05, 0) is 20.0 Å². The Bertz CT molecular complexity index is 273. The summed E-state index contributed by atoms with van der Waals surface area (Å²) in [5, 5.41) is 0. The third-order valence-electron chi connectivity index (χ3n) is 2.71. The number of likely N-dealkylation sites (N-methyl/N-ethyl adjacent to an activating group) is 1. The predicted octanol–water partition coefficient (Wildman–Crippen LogP) is 1.38. The highest BCUT2D eigenvalue weighted by atomic mass is 15.2. The lowest BCUT2D eigenvalue weighted by Crippen LogP contribution is -2.43. The quantitative estimate of drug-likeness (QED) is 0.503. The standard InChI is InChI=1S/C12H19BN2/c1-4-12(13)6-5-11(2)15-9-7-14(3)8-10-15/h4-6H,2,7-10H2,1,3H3/b6-5-,12-4+. The molecule has 0 spiro atoms. The Kier molecular flexibility index (Phi) is 4.69. The van der Waals surface area contributed by atoms with Gasteiger partial charge in [0, 0.05) is 31.9 Å². The van der Waals surface area contributed by atoms with Gasteiger partial charge in [-0.25, -0.2) is 0 Å². The molecule has 15 heavy (non-hydrogen) atoms. The van der Waals surface area contributed by atoms with Gasteiger partial charge < -0.3 is 9.80 Å². The molecule has 2 nitrogen and oxygen atoms in total. The molecule has 0 saturated carbocycles. The molecular formula is C12H19BN2. The Morgan fingerprint density at radius 1 is 1.20 bits per heavy atom. The zero-order chi connectivity index (χ0) is 11.3. The van der Waals surface area contributed by atoms with Gasteiger partial charge in [0.15, 0.2) is 0 Å². The van der Waals surface area contributed by atoms with E-state index in [2.05, 4.69) is 23.4 Å². The van der Waals surface area contributed by atoms with Crippen molar-refractivity contribution in [2.24, 2.45) is 0 Å². The molecule has 1 fully saturated rings. The third-order valence-corrected chi connectivity index (χ3v) is 2.71. The van der Waals surface area contributed by atoms with Crippen LogP contribution in [0.3, 0.4) is 0 Å². The first kappa shape index (κ1) is 12.1. The molecule has 0 aromatic heterocycles. The molecule has 1 heterocycles. The molecule has 0 atom stereocenters. The first-order valence-electron chi connectivity index (χ1n) is 5.35. The fourth-order valence-electron chi connectivity index (χ4n) is 1.49. The summed E-state index contributed by atoms with van der Waals surface area (Å²) >= 11 is 0. The molecule has 0 amide bonds. The normalized spacial score (nSPS) is 19.9. The van der Waals surface area contributed by atoms with E-state index in [1.807, 2.05) is 25.2 Å². The fraction of sp³-hybridized carbons (Fsp3) is 0.500. The van der Waals surface area contributed by atoms with Crippen LogP contribution >= 0.6 is 0 Å². The average molecular weight is 202 g/mol. The summed E-state index contributed by atoms with van der Waals surface area (Å²) in [5.74, 6) is 0. The molecular weight excluding hydrogens is 183 g/mol. The molecule has 0 aromatic carbocycles. The topological polar surface area (TPSA) is 6.48 Å². The molecule has 0 unspecified atom stereocenters. The number of piperazine rings is 1. The Hall–Kier alpha value is -0.955. The summed E-state index contributed by atoms with van der Waals surface area (Å²) in [5.41, 5.74) is 1.83. The molecule has 0 N–H and O–H groups in total. The smallest absolute Gasteiger partial charge is 0.113 e. The Morgan fingerprint density at radius 3 is 2.33 bits per heavy atom. The van der Waals surface area contributed by atoms with Crippen molar-refractivity contribution in [1.82, 2.24) is 9.80 Å². The van der Waals surface area contributed by atoms with Crippen LogP contribution in [-0.2, 0) is 0 Å². The largest absolute Gasteiger partial charge is 0.369 e. The number of nitrogens with zero attached hydrogens (tertiary/aromatic N) is 2. The number of rotatable bonds is 3. The van der Waals surface area contributed by atoms with Gasteiger partial charge in [0.2, 0.25) is 0 Å². The van der Waals surface area contributed by atoms with Crippen molar-refractivity contribution in [1.29, 1.82) is 0 Å². The van der Waals surface area contributed by atoms with E-state index in [1.54, 1.807) is 0 Å². The van der Waals surface area contributed by atoms with Crippen molar-refractivity contribution >= 4 is 7.85 Å². The Labute approximate surface area is 94.4 Å². The Morgan fingerprint density at radius 2 is 1.80 bits per heavy atom. The second kappa shape index (κ2) is 5.81. The van der Waals surface area contributed by atoms with Gasteiger partial charge in [-0.15, -0.1) is 5.47 Å². The van der Waals surface area contributed by atoms with E-state index in [1.165, 1.54) is 0 Å². The molecule has 2 radical (unpaired) electrons. The van der Waals surface area contributed by atoms with Crippen molar-refractivity contribution in [3.63, 3.8) is 0 Å². The van der Waals surface area contributed by atoms with E-state index in [-0.39, 0.29) is 0 Å². The highest BCUT2D eigenvalue weighted by molar-refractivity contribution is 6.23. The summed E-state index contributed by atoms with van der Waals surface area (Å²) in [6.07, 6.45) is 5.77. The van der Waals surface area contributed by atoms with E-state index in [9.17, 15) is 0 Å².